The first-order valence-corrected chi connectivity index (χ1v) is 7.95. The van der Waals surface area contributed by atoms with Crippen molar-refractivity contribution in [2.75, 3.05) is 0 Å². The molecule has 0 radical (unpaired) electrons. The van der Waals surface area contributed by atoms with E-state index in [1.807, 2.05) is 0 Å². The van der Waals surface area contributed by atoms with E-state index in [1.54, 1.807) is 48.8 Å². The summed E-state index contributed by atoms with van der Waals surface area (Å²) in [6.45, 7) is 0. The quantitative estimate of drug-likeness (QED) is 0.325. The lowest BCUT2D eigenvalue weighted by Crippen LogP contribution is -2.24. The van der Waals surface area contributed by atoms with E-state index in [1.165, 1.54) is 24.6 Å². The smallest absolute Gasteiger partial charge is 0.0984 e. The van der Waals surface area contributed by atoms with Crippen LogP contribution in [0.3, 0.4) is 0 Å². The van der Waals surface area contributed by atoms with Gasteiger partial charge in [-0.05, 0) is 36.4 Å². The second kappa shape index (κ2) is 9.38. The largest absolute Gasteiger partial charge is 0.856 e. The standard InChI is InChI=1S/C18H14N8O2/c27-17(25-21-11-13-5-1-3-9-19-13)15-7-8-16(24-23-15)18(28)26-22-12-14-6-2-4-10-20-14/h1-12H,(H,25,27)(H,26,28)/p-2/b21-11-,22-12-. The van der Waals surface area contributed by atoms with Crippen LogP contribution in [0.1, 0.15) is 22.8 Å². The van der Waals surface area contributed by atoms with E-state index in [2.05, 4.69) is 40.6 Å². The number of pyridine rings is 2. The summed E-state index contributed by atoms with van der Waals surface area (Å²) in [4.78, 5) is 8.02. The predicted octanol–water partition coefficient (Wildman–Crippen LogP) is -0.451. The van der Waals surface area contributed by atoms with Crippen LogP contribution in [0, 0.1) is 0 Å². The third kappa shape index (κ3) is 5.33. The molecule has 0 bridgehead atoms. The summed E-state index contributed by atoms with van der Waals surface area (Å²) >= 11 is 0. The Kier molecular flexibility index (Phi) is 6.18. The summed E-state index contributed by atoms with van der Waals surface area (Å²) in [6, 6.07) is 13.1. The maximum Gasteiger partial charge on any atom is 0.0984 e. The van der Waals surface area contributed by atoms with Gasteiger partial charge in [-0.3, -0.25) is 9.97 Å². The van der Waals surface area contributed by atoms with Gasteiger partial charge in [-0.15, -0.1) is 10.2 Å². The molecule has 0 unspecified atom stereocenters. The van der Waals surface area contributed by atoms with E-state index in [0.717, 1.165) is 0 Å². The number of nitrogens with zero attached hydrogens (tertiary/aromatic N) is 8. The molecule has 3 heterocycles. The van der Waals surface area contributed by atoms with Crippen LogP contribution in [0.5, 0.6) is 0 Å². The molecule has 0 aliphatic heterocycles. The molecule has 138 valence electrons. The first kappa shape index (κ1) is 18.5. The lowest BCUT2D eigenvalue weighted by molar-refractivity contribution is -0.215. The lowest BCUT2D eigenvalue weighted by Gasteiger charge is -2.09. The van der Waals surface area contributed by atoms with Crippen LogP contribution in [0.25, 0.3) is 0 Å². The van der Waals surface area contributed by atoms with E-state index >= 15 is 0 Å². The van der Waals surface area contributed by atoms with Gasteiger partial charge in [-0.2, -0.15) is 20.4 Å². The SMILES string of the molecule is [O-]C(=N/N=C\c1ccccn1)c1ccc(C([O-])=N/N=C\c2ccccn2)nn1. The Labute approximate surface area is 159 Å². The van der Waals surface area contributed by atoms with Gasteiger partial charge in [0, 0.05) is 24.2 Å². The Balaban J connectivity index is 1.65. The monoisotopic (exact) mass is 372 g/mol. The molecule has 0 N–H and O–H groups in total. The predicted molar refractivity (Wildman–Crippen MR) is 98.8 cm³/mol. The van der Waals surface area contributed by atoms with E-state index in [0.29, 0.717) is 11.4 Å². The van der Waals surface area contributed by atoms with E-state index in [4.69, 9.17) is 0 Å². The molecular formula is C18H12N8O2-2. The molecule has 3 rings (SSSR count). The highest BCUT2D eigenvalue weighted by Gasteiger charge is 1.98. The topological polar surface area (TPSA) is 147 Å². The van der Waals surface area contributed by atoms with Crippen molar-refractivity contribution in [3.8, 4) is 0 Å². The second-order valence-corrected chi connectivity index (χ2v) is 5.11. The van der Waals surface area contributed by atoms with Gasteiger partial charge in [0.2, 0.25) is 0 Å². The van der Waals surface area contributed by atoms with Crippen molar-refractivity contribution in [2.24, 2.45) is 20.4 Å². The molecule has 0 aliphatic carbocycles. The van der Waals surface area contributed by atoms with Crippen LogP contribution in [0.2, 0.25) is 0 Å². The minimum atomic E-state index is -0.705. The van der Waals surface area contributed by atoms with Crippen molar-refractivity contribution in [1.29, 1.82) is 0 Å². The van der Waals surface area contributed by atoms with Gasteiger partial charge in [0.05, 0.1) is 35.2 Å². The molecule has 3 aromatic heterocycles. The third-order valence-corrected chi connectivity index (χ3v) is 3.16. The normalized spacial score (nSPS) is 12.7. The van der Waals surface area contributed by atoms with Gasteiger partial charge in [0.15, 0.2) is 0 Å². The van der Waals surface area contributed by atoms with Gasteiger partial charge in [-0.1, -0.05) is 12.1 Å². The fraction of sp³-hybridized carbons (Fsp3) is 0. The van der Waals surface area contributed by atoms with Gasteiger partial charge < -0.3 is 10.2 Å². The molecule has 0 amide bonds. The van der Waals surface area contributed by atoms with Crippen LogP contribution in [-0.4, -0.2) is 44.4 Å². The van der Waals surface area contributed by atoms with Crippen LogP contribution < -0.4 is 10.2 Å². The summed E-state index contributed by atoms with van der Waals surface area (Å²) in [6.07, 6.45) is 5.86. The Bertz CT molecular complexity index is 932. The van der Waals surface area contributed by atoms with Gasteiger partial charge >= 0.3 is 0 Å². The molecule has 0 fully saturated rings. The summed E-state index contributed by atoms with van der Waals surface area (Å²) < 4.78 is 0. The molecule has 10 heteroatoms. The highest BCUT2D eigenvalue weighted by molar-refractivity contribution is 5.91. The zero-order valence-corrected chi connectivity index (χ0v) is 14.3. The van der Waals surface area contributed by atoms with Gasteiger partial charge in [0.1, 0.15) is 0 Å². The minimum Gasteiger partial charge on any atom is -0.856 e. The van der Waals surface area contributed by atoms with E-state index in [-0.39, 0.29) is 11.4 Å². The number of hydrogen-bond donors (Lipinski definition) is 0. The number of rotatable bonds is 6. The molecule has 0 aliphatic rings. The summed E-state index contributed by atoms with van der Waals surface area (Å²) in [5.74, 6) is -1.41. The van der Waals surface area contributed by atoms with Crippen LogP contribution in [-0.2, 0) is 0 Å². The Hall–Kier alpha value is -4.34. The summed E-state index contributed by atoms with van der Waals surface area (Å²) in [5, 5.41) is 45.4. The van der Waals surface area contributed by atoms with Crippen molar-refractivity contribution in [3.63, 3.8) is 0 Å². The first-order valence-electron chi connectivity index (χ1n) is 7.95. The Morgan fingerprint density at radius 1 is 0.679 bits per heavy atom. The van der Waals surface area contributed by atoms with Crippen molar-refractivity contribution < 1.29 is 10.2 Å². The second-order valence-electron chi connectivity index (χ2n) is 5.11. The molecule has 10 nitrogen and oxygen atoms in total. The molecule has 0 saturated heterocycles. The van der Waals surface area contributed by atoms with E-state index < -0.39 is 11.8 Å². The molecule has 0 atom stereocenters. The molecule has 3 aromatic rings. The fourth-order valence-corrected chi connectivity index (χ4v) is 1.85. The average Bonchev–Trinajstić information content (AvgIpc) is 2.75. The van der Waals surface area contributed by atoms with Crippen molar-refractivity contribution in [1.82, 2.24) is 20.2 Å². The maximum atomic E-state index is 11.9. The zero-order chi connectivity index (χ0) is 19.6. The molecule has 0 aromatic carbocycles. The maximum absolute atomic E-state index is 11.9. The van der Waals surface area contributed by atoms with Gasteiger partial charge in [0.25, 0.3) is 0 Å². The third-order valence-electron chi connectivity index (χ3n) is 3.16. The molecular weight excluding hydrogens is 360 g/mol. The van der Waals surface area contributed by atoms with Crippen LogP contribution >= 0.6 is 0 Å². The highest BCUT2D eigenvalue weighted by Crippen LogP contribution is 1.98. The first-order chi connectivity index (χ1) is 13.7. The van der Waals surface area contributed by atoms with Gasteiger partial charge in [-0.25, -0.2) is 0 Å². The minimum absolute atomic E-state index is 0.0632. The number of hydrogen-bond acceptors (Lipinski definition) is 10. The zero-order valence-electron chi connectivity index (χ0n) is 14.3. The Morgan fingerprint density at radius 3 is 1.50 bits per heavy atom. The average molecular weight is 372 g/mol. The lowest BCUT2D eigenvalue weighted by atomic mass is 10.3. The fourth-order valence-electron chi connectivity index (χ4n) is 1.85. The summed E-state index contributed by atoms with van der Waals surface area (Å²) in [7, 11) is 0. The van der Waals surface area contributed by atoms with Crippen LogP contribution in [0.15, 0.2) is 81.3 Å². The van der Waals surface area contributed by atoms with E-state index in [9.17, 15) is 10.2 Å². The van der Waals surface area contributed by atoms with Crippen molar-refractivity contribution >= 4 is 24.2 Å². The van der Waals surface area contributed by atoms with Crippen LogP contribution in [0.4, 0.5) is 0 Å². The van der Waals surface area contributed by atoms with Crippen molar-refractivity contribution in [3.05, 3.63) is 83.7 Å². The summed E-state index contributed by atoms with van der Waals surface area (Å²) in [5.41, 5.74) is 0.983. The molecule has 0 spiro atoms. The molecule has 0 saturated carbocycles. The number of aromatic nitrogens is 4. The molecule has 28 heavy (non-hydrogen) atoms. The highest BCUT2D eigenvalue weighted by atomic mass is 16.3. The van der Waals surface area contributed by atoms with Crippen molar-refractivity contribution in [2.45, 2.75) is 0 Å². The Morgan fingerprint density at radius 2 is 1.14 bits per heavy atom.